The van der Waals surface area contributed by atoms with Gasteiger partial charge in [-0.05, 0) is 38.8 Å². The van der Waals surface area contributed by atoms with Crippen molar-refractivity contribution in [3.8, 4) is 0 Å². The van der Waals surface area contributed by atoms with E-state index in [1.807, 2.05) is 13.0 Å². The summed E-state index contributed by atoms with van der Waals surface area (Å²) in [6.07, 6.45) is 2.24. The third kappa shape index (κ3) is 5.85. The van der Waals surface area contributed by atoms with Crippen LogP contribution in [0.4, 0.5) is 0 Å². The van der Waals surface area contributed by atoms with E-state index in [0.717, 1.165) is 36.9 Å². The van der Waals surface area contributed by atoms with Crippen LogP contribution < -0.4 is 5.32 Å². The zero-order valence-corrected chi connectivity index (χ0v) is 11.5. The van der Waals surface area contributed by atoms with Crippen LogP contribution in [0.5, 0.6) is 0 Å². The standard InChI is InChI=1S/C12H20ClNOS/c1-3-15-9-8-14-10(2)4-5-11-6-7-12(13)16-11/h6-7,10,14H,3-5,8-9H2,1-2H3. The first-order valence-corrected chi connectivity index (χ1v) is 6.97. The van der Waals surface area contributed by atoms with E-state index in [9.17, 15) is 0 Å². The van der Waals surface area contributed by atoms with E-state index in [4.69, 9.17) is 16.3 Å². The van der Waals surface area contributed by atoms with Gasteiger partial charge in [0.05, 0.1) is 10.9 Å². The van der Waals surface area contributed by atoms with Gasteiger partial charge in [-0.2, -0.15) is 0 Å². The second-order valence-electron chi connectivity index (χ2n) is 3.80. The molecule has 0 aliphatic carbocycles. The van der Waals surface area contributed by atoms with Crippen molar-refractivity contribution in [2.45, 2.75) is 32.7 Å². The topological polar surface area (TPSA) is 21.3 Å². The molecular weight excluding hydrogens is 242 g/mol. The Balaban J connectivity index is 2.08. The van der Waals surface area contributed by atoms with Crippen LogP contribution in [0.3, 0.4) is 0 Å². The minimum atomic E-state index is 0.529. The molecule has 0 bridgehead atoms. The van der Waals surface area contributed by atoms with Gasteiger partial charge in [0, 0.05) is 24.1 Å². The molecule has 2 nitrogen and oxygen atoms in total. The average molecular weight is 262 g/mol. The van der Waals surface area contributed by atoms with Gasteiger partial charge in [0.25, 0.3) is 0 Å². The molecule has 1 rings (SSSR count). The number of rotatable bonds is 8. The number of hydrogen-bond donors (Lipinski definition) is 1. The summed E-state index contributed by atoms with van der Waals surface area (Å²) in [5.41, 5.74) is 0. The molecule has 0 fully saturated rings. The molecule has 1 N–H and O–H groups in total. The van der Waals surface area contributed by atoms with Crippen molar-refractivity contribution in [1.29, 1.82) is 0 Å². The first-order valence-electron chi connectivity index (χ1n) is 5.77. The van der Waals surface area contributed by atoms with Crippen molar-refractivity contribution < 1.29 is 4.74 Å². The summed E-state index contributed by atoms with van der Waals surface area (Å²) in [4.78, 5) is 1.36. The van der Waals surface area contributed by atoms with Gasteiger partial charge >= 0.3 is 0 Å². The summed E-state index contributed by atoms with van der Waals surface area (Å²) in [5.74, 6) is 0. The summed E-state index contributed by atoms with van der Waals surface area (Å²) < 4.78 is 6.15. The predicted octanol–water partition coefficient (Wildman–Crippen LogP) is 3.35. The van der Waals surface area contributed by atoms with Crippen molar-refractivity contribution in [3.05, 3.63) is 21.3 Å². The lowest BCUT2D eigenvalue weighted by Crippen LogP contribution is -2.29. The molecule has 0 spiro atoms. The zero-order valence-electron chi connectivity index (χ0n) is 9.96. The minimum Gasteiger partial charge on any atom is -0.380 e. The lowest BCUT2D eigenvalue weighted by molar-refractivity contribution is 0.147. The number of hydrogen-bond acceptors (Lipinski definition) is 3. The highest BCUT2D eigenvalue weighted by atomic mass is 35.5. The van der Waals surface area contributed by atoms with E-state index in [1.54, 1.807) is 11.3 Å². The van der Waals surface area contributed by atoms with Gasteiger partial charge in [-0.15, -0.1) is 11.3 Å². The van der Waals surface area contributed by atoms with Gasteiger partial charge in [-0.1, -0.05) is 11.6 Å². The molecule has 1 atom stereocenters. The van der Waals surface area contributed by atoms with E-state index >= 15 is 0 Å². The Labute approximate surface area is 107 Å². The maximum Gasteiger partial charge on any atom is 0.0931 e. The van der Waals surface area contributed by atoms with Crippen molar-refractivity contribution >= 4 is 22.9 Å². The fraction of sp³-hybridized carbons (Fsp3) is 0.667. The molecule has 16 heavy (non-hydrogen) atoms. The van der Waals surface area contributed by atoms with Crippen LogP contribution in [0, 0.1) is 0 Å². The maximum atomic E-state index is 5.88. The van der Waals surface area contributed by atoms with Crippen LogP contribution in [0.15, 0.2) is 12.1 Å². The van der Waals surface area contributed by atoms with E-state index in [0.29, 0.717) is 6.04 Å². The minimum absolute atomic E-state index is 0.529. The molecule has 1 aromatic heterocycles. The second-order valence-corrected chi connectivity index (χ2v) is 5.60. The van der Waals surface area contributed by atoms with Crippen LogP contribution >= 0.6 is 22.9 Å². The molecule has 0 aromatic carbocycles. The van der Waals surface area contributed by atoms with Crippen LogP contribution in [0.25, 0.3) is 0 Å². The number of halogens is 1. The largest absolute Gasteiger partial charge is 0.380 e. The Morgan fingerprint density at radius 3 is 2.94 bits per heavy atom. The van der Waals surface area contributed by atoms with E-state index in [2.05, 4.69) is 18.3 Å². The Hall–Kier alpha value is -0.0900. The Bertz CT molecular complexity index is 290. The Morgan fingerprint density at radius 1 is 1.50 bits per heavy atom. The van der Waals surface area contributed by atoms with Crippen LogP contribution in [-0.4, -0.2) is 25.8 Å². The first-order chi connectivity index (χ1) is 7.72. The molecule has 0 amide bonds. The van der Waals surface area contributed by atoms with Crippen molar-refractivity contribution in [2.75, 3.05) is 19.8 Å². The van der Waals surface area contributed by atoms with Crippen molar-refractivity contribution in [1.82, 2.24) is 5.32 Å². The van der Waals surface area contributed by atoms with Crippen molar-refractivity contribution in [3.63, 3.8) is 0 Å². The van der Waals surface area contributed by atoms with Gasteiger partial charge in [0.1, 0.15) is 0 Å². The van der Waals surface area contributed by atoms with Gasteiger partial charge < -0.3 is 10.1 Å². The predicted molar refractivity (Wildman–Crippen MR) is 71.6 cm³/mol. The number of ether oxygens (including phenoxy) is 1. The molecule has 0 aliphatic rings. The van der Waals surface area contributed by atoms with Gasteiger partial charge in [-0.3, -0.25) is 0 Å². The Morgan fingerprint density at radius 2 is 2.31 bits per heavy atom. The summed E-state index contributed by atoms with van der Waals surface area (Å²) in [7, 11) is 0. The van der Waals surface area contributed by atoms with Crippen molar-refractivity contribution in [2.24, 2.45) is 0 Å². The quantitative estimate of drug-likeness (QED) is 0.725. The molecule has 4 heteroatoms. The summed E-state index contributed by atoms with van der Waals surface area (Å²) in [6.45, 7) is 6.75. The van der Waals surface area contributed by atoms with Crippen LogP contribution in [0.1, 0.15) is 25.1 Å². The highest BCUT2D eigenvalue weighted by molar-refractivity contribution is 7.16. The highest BCUT2D eigenvalue weighted by Gasteiger charge is 2.03. The number of aryl methyl sites for hydroxylation is 1. The smallest absolute Gasteiger partial charge is 0.0931 e. The normalized spacial score (nSPS) is 12.9. The molecule has 1 unspecified atom stereocenters. The SMILES string of the molecule is CCOCCNC(C)CCc1ccc(Cl)s1. The van der Waals surface area contributed by atoms with Gasteiger partial charge in [-0.25, -0.2) is 0 Å². The molecular formula is C12H20ClNOS. The molecule has 0 aliphatic heterocycles. The van der Waals surface area contributed by atoms with Crippen LogP contribution in [-0.2, 0) is 11.2 Å². The van der Waals surface area contributed by atoms with Gasteiger partial charge in [0.2, 0.25) is 0 Å². The lowest BCUT2D eigenvalue weighted by atomic mass is 10.1. The Kier molecular flexibility index (Phi) is 7.05. The summed E-state index contributed by atoms with van der Waals surface area (Å²) in [6, 6.07) is 4.61. The molecule has 92 valence electrons. The highest BCUT2D eigenvalue weighted by Crippen LogP contribution is 2.22. The fourth-order valence-corrected chi connectivity index (χ4v) is 2.57. The van der Waals surface area contributed by atoms with Crippen LogP contribution in [0.2, 0.25) is 4.34 Å². The third-order valence-electron chi connectivity index (χ3n) is 2.40. The summed E-state index contributed by atoms with van der Waals surface area (Å²) in [5, 5.41) is 3.44. The van der Waals surface area contributed by atoms with E-state index < -0.39 is 0 Å². The maximum absolute atomic E-state index is 5.88. The molecule has 0 radical (unpaired) electrons. The molecule has 0 saturated heterocycles. The average Bonchev–Trinajstić information content (AvgIpc) is 2.68. The third-order valence-corrected chi connectivity index (χ3v) is 3.69. The monoisotopic (exact) mass is 261 g/mol. The zero-order chi connectivity index (χ0) is 11.8. The van der Waals surface area contributed by atoms with Gasteiger partial charge in [0.15, 0.2) is 0 Å². The fourth-order valence-electron chi connectivity index (χ4n) is 1.47. The summed E-state index contributed by atoms with van der Waals surface area (Å²) >= 11 is 7.56. The second kappa shape index (κ2) is 8.07. The lowest BCUT2D eigenvalue weighted by Gasteiger charge is -2.12. The van der Waals surface area contributed by atoms with E-state index in [-0.39, 0.29) is 0 Å². The molecule has 1 aromatic rings. The number of thiophene rings is 1. The first kappa shape index (κ1) is 14.0. The molecule has 0 saturated carbocycles. The molecule has 1 heterocycles. The van der Waals surface area contributed by atoms with E-state index in [1.165, 1.54) is 4.88 Å². The number of nitrogens with one attached hydrogen (secondary N) is 1.